The molecule has 0 saturated heterocycles. The third-order valence-corrected chi connectivity index (χ3v) is 5.68. The Balaban J connectivity index is 2.53. The molecule has 3 unspecified atom stereocenters. The van der Waals surface area contributed by atoms with Crippen molar-refractivity contribution in [2.24, 2.45) is 0 Å². The highest BCUT2D eigenvalue weighted by atomic mass is 16.6. The van der Waals surface area contributed by atoms with Crippen LogP contribution in [0.15, 0.2) is 54.6 Å². The Morgan fingerprint density at radius 3 is 2.21 bits per heavy atom. The molecular formula is C31H37N3O4. The fourth-order valence-electron chi connectivity index (χ4n) is 4.02. The minimum atomic E-state index is -1.21. The van der Waals surface area contributed by atoms with E-state index in [1.54, 1.807) is 45.0 Å². The van der Waals surface area contributed by atoms with Crippen LogP contribution in [-0.4, -0.2) is 40.5 Å². The van der Waals surface area contributed by atoms with E-state index in [2.05, 4.69) is 22.6 Å². The number of nitrogens with one attached hydrogen (secondary N) is 2. The fraction of sp³-hybridized carbons (Fsp3) is 0.387. The number of benzene rings is 2. The first-order valence-corrected chi connectivity index (χ1v) is 12.7. The molecule has 0 aliphatic heterocycles. The molecule has 38 heavy (non-hydrogen) atoms. The van der Waals surface area contributed by atoms with E-state index >= 15 is 0 Å². The SMILES string of the molecule is C#Cc1ccccc1C(C(=O)NC(C)CCC)N(C#C)C(=O)C(Cc1ccccc1)NC(=O)OC(C)(C)C. The smallest absolute Gasteiger partial charge is 0.408 e. The average molecular weight is 516 g/mol. The van der Waals surface area contributed by atoms with Crippen molar-refractivity contribution < 1.29 is 19.1 Å². The number of terminal acetylenes is 2. The molecular weight excluding hydrogens is 478 g/mol. The molecule has 0 heterocycles. The summed E-state index contributed by atoms with van der Waals surface area (Å²) in [6.07, 6.45) is 12.6. The summed E-state index contributed by atoms with van der Waals surface area (Å²) in [4.78, 5) is 41.3. The van der Waals surface area contributed by atoms with Crippen molar-refractivity contribution in [1.82, 2.24) is 15.5 Å². The Kier molecular flexibility index (Phi) is 11.0. The first-order chi connectivity index (χ1) is 18.0. The lowest BCUT2D eigenvalue weighted by Crippen LogP contribution is -2.53. The standard InChI is InChI=1S/C31H37N3O4/c1-8-16-22(4)32-28(35)27(25-20-15-14-19-24(25)9-2)34(10-3)29(36)26(21-23-17-12-11-13-18-23)33-30(37)38-31(5,6)7/h2-3,11-15,17-20,22,26-27H,8,16,21H2,1,4-7H3,(H,32,35)(H,33,37). The summed E-state index contributed by atoms with van der Waals surface area (Å²) in [5.41, 5.74) is 0.863. The van der Waals surface area contributed by atoms with Crippen LogP contribution in [-0.2, 0) is 20.7 Å². The number of ether oxygens (including phenoxy) is 1. The highest BCUT2D eigenvalue weighted by Gasteiger charge is 2.37. The molecule has 0 saturated carbocycles. The number of amides is 3. The van der Waals surface area contributed by atoms with Crippen molar-refractivity contribution in [1.29, 1.82) is 0 Å². The van der Waals surface area contributed by atoms with E-state index in [0.29, 0.717) is 11.1 Å². The van der Waals surface area contributed by atoms with Crippen molar-refractivity contribution >= 4 is 17.9 Å². The predicted molar refractivity (Wildman–Crippen MR) is 149 cm³/mol. The maximum absolute atomic E-state index is 14.0. The second-order valence-electron chi connectivity index (χ2n) is 10.1. The molecule has 0 fully saturated rings. The maximum atomic E-state index is 14.0. The van der Waals surface area contributed by atoms with Crippen molar-refractivity contribution in [3.05, 3.63) is 71.3 Å². The Morgan fingerprint density at radius 1 is 1.00 bits per heavy atom. The molecule has 200 valence electrons. The van der Waals surface area contributed by atoms with Gasteiger partial charge in [0.15, 0.2) is 0 Å². The molecule has 7 nitrogen and oxygen atoms in total. The zero-order valence-electron chi connectivity index (χ0n) is 22.8. The average Bonchev–Trinajstić information content (AvgIpc) is 2.86. The Labute approximate surface area is 226 Å². The number of carbonyl (C=O) groups excluding carboxylic acids is 3. The Morgan fingerprint density at radius 2 is 1.63 bits per heavy atom. The summed E-state index contributed by atoms with van der Waals surface area (Å²) >= 11 is 0. The summed E-state index contributed by atoms with van der Waals surface area (Å²) in [7, 11) is 0. The van der Waals surface area contributed by atoms with Gasteiger partial charge in [-0.1, -0.05) is 74.2 Å². The quantitative estimate of drug-likeness (QED) is 0.359. The first-order valence-electron chi connectivity index (χ1n) is 12.7. The fourth-order valence-corrected chi connectivity index (χ4v) is 4.02. The van der Waals surface area contributed by atoms with Crippen molar-refractivity contribution in [3.63, 3.8) is 0 Å². The van der Waals surface area contributed by atoms with Gasteiger partial charge in [0.25, 0.3) is 5.91 Å². The molecule has 0 aromatic heterocycles. The molecule has 0 bridgehead atoms. The van der Waals surface area contributed by atoms with Gasteiger partial charge in [0.2, 0.25) is 5.91 Å². The summed E-state index contributed by atoms with van der Waals surface area (Å²) < 4.78 is 5.40. The van der Waals surface area contributed by atoms with Gasteiger partial charge in [0.05, 0.1) is 0 Å². The molecule has 2 rings (SSSR count). The molecule has 2 aromatic rings. The van der Waals surface area contributed by atoms with Crippen LogP contribution < -0.4 is 10.6 Å². The van der Waals surface area contributed by atoms with E-state index in [1.165, 1.54) is 0 Å². The second-order valence-corrected chi connectivity index (χ2v) is 10.1. The van der Waals surface area contributed by atoms with E-state index in [1.807, 2.05) is 44.2 Å². The van der Waals surface area contributed by atoms with E-state index in [-0.39, 0.29) is 12.5 Å². The van der Waals surface area contributed by atoms with Gasteiger partial charge in [0.1, 0.15) is 17.7 Å². The number of carbonyl (C=O) groups is 3. The third kappa shape index (κ3) is 8.71. The molecule has 2 N–H and O–H groups in total. The van der Waals surface area contributed by atoms with Crippen LogP contribution in [0.3, 0.4) is 0 Å². The monoisotopic (exact) mass is 515 g/mol. The predicted octanol–water partition coefficient (Wildman–Crippen LogP) is 4.57. The Bertz CT molecular complexity index is 1190. The minimum Gasteiger partial charge on any atom is -0.444 e. The molecule has 7 heteroatoms. The molecule has 0 radical (unpaired) electrons. The van der Waals surface area contributed by atoms with Crippen LogP contribution in [0.1, 0.15) is 70.2 Å². The second kappa shape index (κ2) is 13.9. The number of hydrogen-bond donors (Lipinski definition) is 2. The van der Waals surface area contributed by atoms with Crippen LogP contribution in [0.5, 0.6) is 0 Å². The number of nitrogens with zero attached hydrogens (tertiary/aromatic N) is 1. The van der Waals surface area contributed by atoms with Crippen molar-refractivity contribution in [2.45, 2.75) is 77.6 Å². The molecule has 0 aliphatic carbocycles. The molecule has 3 atom stereocenters. The summed E-state index contributed by atoms with van der Waals surface area (Å²) in [5, 5.41) is 5.60. The van der Waals surface area contributed by atoms with Gasteiger partial charge in [0, 0.05) is 29.6 Å². The van der Waals surface area contributed by atoms with Gasteiger partial charge in [-0.3, -0.25) is 14.5 Å². The highest BCUT2D eigenvalue weighted by Crippen LogP contribution is 2.26. The van der Waals surface area contributed by atoms with Gasteiger partial charge in [-0.05, 0) is 45.7 Å². The zero-order valence-corrected chi connectivity index (χ0v) is 22.8. The molecule has 0 aliphatic rings. The van der Waals surface area contributed by atoms with E-state index in [4.69, 9.17) is 17.6 Å². The van der Waals surface area contributed by atoms with Gasteiger partial charge >= 0.3 is 6.09 Å². The number of hydrogen-bond acceptors (Lipinski definition) is 4. The molecule has 0 spiro atoms. The van der Waals surface area contributed by atoms with Crippen molar-refractivity contribution in [3.8, 4) is 24.8 Å². The van der Waals surface area contributed by atoms with Gasteiger partial charge in [-0.2, -0.15) is 0 Å². The van der Waals surface area contributed by atoms with E-state index in [9.17, 15) is 14.4 Å². The van der Waals surface area contributed by atoms with Crippen LogP contribution in [0, 0.1) is 24.8 Å². The minimum absolute atomic E-state index is 0.133. The lowest BCUT2D eigenvalue weighted by atomic mass is 9.96. The van der Waals surface area contributed by atoms with Gasteiger partial charge in [-0.25, -0.2) is 4.79 Å². The summed E-state index contributed by atoms with van der Waals surface area (Å²) in [6.45, 7) is 9.08. The molecule has 2 aromatic carbocycles. The lowest BCUT2D eigenvalue weighted by Gasteiger charge is -2.31. The first kappa shape index (κ1) is 30.0. The highest BCUT2D eigenvalue weighted by molar-refractivity contribution is 5.94. The van der Waals surface area contributed by atoms with E-state index in [0.717, 1.165) is 23.3 Å². The van der Waals surface area contributed by atoms with Crippen LogP contribution in [0.4, 0.5) is 4.79 Å². The largest absolute Gasteiger partial charge is 0.444 e. The summed E-state index contributed by atoms with van der Waals surface area (Å²) in [6, 6.07) is 15.9. The number of rotatable bonds is 10. The number of alkyl carbamates (subject to hydrolysis) is 1. The summed E-state index contributed by atoms with van der Waals surface area (Å²) in [5.74, 6) is 1.47. The maximum Gasteiger partial charge on any atom is 0.408 e. The van der Waals surface area contributed by atoms with Crippen LogP contribution in [0.25, 0.3) is 0 Å². The third-order valence-electron chi connectivity index (χ3n) is 5.68. The zero-order chi connectivity index (χ0) is 28.3. The molecule has 3 amide bonds. The van der Waals surface area contributed by atoms with Gasteiger partial charge in [-0.15, -0.1) is 6.42 Å². The van der Waals surface area contributed by atoms with Crippen molar-refractivity contribution in [2.75, 3.05) is 0 Å². The lowest BCUT2D eigenvalue weighted by molar-refractivity contribution is -0.138. The Hall–Kier alpha value is -4.23. The van der Waals surface area contributed by atoms with Crippen LogP contribution in [0.2, 0.25) is 0 Å². The van der Waals surface area contributed by atoms with E-state index < -0.39 is 35.6 Å². The van der Waals surface area contributed by atoms with Crippen LogP contribution >= 0.6 is 0 Å². The normalized spacial score (nSPS) is 13.1. The topological polar surface area (TPSA) is 87.7 Å². The van der Waals surface area contributed by atoms with Gasteiger partial charge < -0.3 is 15.4 Å².